The van der Waals surface area contributed by atoms with Crippen LogP contribution in [0.5, 0.6) is 0 Å². The highest BCUT2D eigenvalue weighted by molar-refractivity contribution is 7.09. The van der Waals surface area contributed by atoms with Crippen molar-refractivity contribution < 1.29 is 9.53 Å². The van der Waals surface area contributed by atoms with Crippen LogP contribution in [0.25, 0.3) is 0 Å². The van der Waals surface area contributed by atoms with Gasteiger partial charge in [0.25, 0.3) is 0 Å². The van der Waals surface area contributed by atoms with E-state index in [1.165, 1.54) is 11.3 Å². The van der Waals surface area contributed by atoms with E-state index in [4.69, 9.17) is 4.74 Å². The molecule has 0 fully saturated rings. The third kappa shape index (κ3) is 3.39. The van der Waals surface area contributed by atoms with Crippen molar-refractivity contribution in [2.45, 2.75) is 33.3 Å². The number of ether oxygens (including phenoxy) is 1. The molecule has 0 aliphatic heterocycles. The number of hydrogen-bond donors (Lipinski definition) is 0. The van der Waals surface area contributed by atoms with Crippen molar-refractivity contribution in [3.05, 3.63) is 16.6 Å². The number of nitrogens with zero attached hydrogens (tertiary/aromatic N) is 1. The minimum atomic E-state index is -0.360. The highest BCUT2D eigenvalue weighted by Gasteiger charge is 2.31. The van der Waals surface area contributed by atoms with Gasteiger partial charge in [-0.05, 0) is 5.41 Å². The normalized spacial score (nSPS) is 13.9. The molecule has 15 heavy (non-hydrogen) atoms. The summed E-state index contributed by atoms with van der Waals surface area (Å²) in [7, 11) is 1.58. The van der Waals surface area contributed by atoms with E-state index in [1.54, 1.807) is 13.3 Å². The first-order valence-electron chi connectivity index (χ1n) is 4.89. The Hall–Kier alpha value is -0.740. The molecule has 0 saturated carbocycles. The van der Waals surface area contributed by atoms with Crippen LogP contribution < -0.4 is 0 Å². The summed E-state index contributed by atoms with van der Waals surface area (Å²) in [6, 6.07) is 0. The molecule has 0 radical (unpaired) electrons. The molecule has 0 saturated heterocycles. The van der Waals surface area contributed by atoms with Crippen molar-refractivity contribution in [2.75, 3.05) is 7.11 Å². The molecule has 1 aromatic rings. The maximum Gasteiger partial charge on any atom is 0.168 e. The second kappa shape index (κ2) is 4.86. The summed E-state index contributed by atoms with van der Waals surface area (Å²) in [5, 5.41) is 2.73. The molecule has 4 heteroatoms. The van der Waals surface area contributed by atoms with E-state index >= 15 is 0 Å². The van der Waals surface area contributed by atoms with Gasteiger partial charge in [-0.25, -0.2) is 4.98 Å². The average Bonchev–Trinajstić information content (AvgIpc) is 2.54. The highest BCUT2D eigenvalue weighted by Crippen LogP contribution is 2.23. The zero-order valence-electron chi connectivity index (χ0n) is 9.61. The van der Waals surface area contributed by atoms with Crippen LogP contribution >= 0.6 is 11.3 Å². The summed E-state index contributed by atoms with van der Waals surface area (Å²) in [5.41, 5.74) is -0.164. The number of methoxy groups -OCH3 is 1. The Morgan fingerprint density at radius 1 is 1.60 bits per heavy atom. The van der Waals surface area contributed by atoms with Gasteiger partial charge in [-0.15, -0.1) is 11.3 Å². The van der Waals surface area contributed by atoms with Crippen molar-refractivity contribution in [3.63, 3.8) is 0 Å². The molecular weight excluding hydrogens is 210 g/mol. The monoisotopic (exact) mass is 227 g/mol. The zero-order valence-corrected chi connectivity index (χ0v) is 10.4. The molecule has 1 heterocycles. The first-order chi connectivity index (χ1) is 6.95. The number of thiazole rings is 1. The van der Waals surface area contributed by atoms with Crippen molar-refractivity contribution in [1.82, 2.24) is 4.98 Å². The number of hydrogen-bond acceptors (Lipinski definition) is 4. The summed E-state index contributed by atoms with van der Waals surface area (Å²) >= 11 is 1.50. The van der Waals surface area contributed by atoms with E-state index in [1.807, 2.05) is 26.2 Å². The fourth-order valence-corrected chi connectivity index (χ4v) is 2.18. The van der Waals surface area contributed by atoms with Crippen LogP contribution in [0.15, 0.2) is 11.6 Å². The molecule has 0 aliphatic carbocycles. The summed E-state index contributed by atoms with van der Waals surface area (Å²) in [5.74, 6) is 0.0972. The Morgan fingerprint density at radius 2 is 2.27 bits per heavy atom. The molecule has 1 atom stereocenters. The second-order valence-corrected chi connectivity index (χ2v) is 5.53. The van der Waals surface area contributed by atoms with E-state index in [2.05, 4.69) is 4.98 Å². The van der Waals surface area contributed by atoms with Gasteiger partial charge in [0.15, 0.2) is 5.78 Å². The maximum atomic E-state index is 11.9. The predicted molar refractivity (Wildman–Crippen MR) is 61.1 cm³/mol. The lowest BCUT2D eigenvalue weighted by Crippen LogP contribution is -2.37. The lowest BCUT2D eigenvalue weighted by molar-refractivity contribution is -0.134. The van der Waals surface area contributed by atoms with Gasteiger partial charge in [-0.1, -0.05) is 20.8 Å². The lowest BCUT2D eigenvalue weighted by atomic mass is 9.85. The molecule has 1 rings (SSSR count). The number of carbonyl (C=O) groups excluding carboxylic acids is 1. The average molecular weight is 227 g/mol. The first-order valence-corrected chi connectivity index (χ1v) is 5.77. The molecule has 1 aromatic heterocycles. The van der Waals surface area contributed by atoms with Crippen LogP contribution in [-0.2, 0) is 16.0 Å². The lowest BCUT2D eigenvalue weighted by Gasteiger charge is -2.27. The fraction of sp³-hybridized carbons (Fsp3) is 0.636. The number of Topliss-reactive ketones (excluding diaryl/α,β-unsaturated/α-hetero) is 1. The van der Waals surface area contributed by atoms with Gasteiger partial charge in [0, 0.05) is 18.7 Å². The van der Waals surface area contributed by atoms with Gasteiger partial charge < -0.3 is 4.74 Å². The van der Waals surface area contributed by atoms with Gasteiger partial charge in [0.1, 0.15) is 6.10 Å². The molecule has 1 unspecified atom stereocenters. The van der Waals surface area contributed by atoms with Crippen LogP contribution in [0.1, 0.15) is 25.8 Å². The first kappa shape index (κ1) is 12.3. The molecule has 0 bridgehead atoms. The standard InChI is InChI=1S/C11H17NO2S/c1-11(2,3)10(14-4)8(13)7-9-12-5-6-15-9/h5-6,10H,7H2,1-4H3. The van der Waals surface area contributed by atoms with Crippen LogP contribution in [0.4, 0.5) is 0 Å². The molecule has 0 aliphatic rings. The van der Waals surface area contributed by atoms with Gasteiger partial charge in [0.2, 0.25) is 0 Å². The number of ketones is 1. The molecular formula is C11H17NO2S. The van der Waals surface area contributed by atoms with Crippen LogP contribution in [0.3, 0.4) is 0 Å². The maximum absolute atomic E-state index is 11.9. The summed E-state index contributed by atoms with van der Waals surface area (Å²) in [6.45, 7) is 6.00. The quantitative estimate of drug-likeness (QED) is 0.792. The highest BCUT2D eigenvalue weighted by atomic mass is 32.1. The van der Waals surface area contributed by atoms with E-state index < -0.39 is 0 Å². The predicted octanol–water partition coefficient (Wildman–Crippen LogP) is 2.32. The summed E-state index contributed by atoms with van der Waals surface area (Å²) in [6.07, 6.45) is 1.72. The van der Waals surface area contributed by atoms with Gasteiger partial charge in [-0.3, -0.25) is 4.79 Å². The Balaban J connectivity index is 2.67. The van der Waals surface area contributed by atoms with Crippen molar-refractivity contribution >= 4 is 17.1 Å². The van der Waals surface area contributed by atoms with Crippen molar-refractivity contribution in [1.29, 1.82) is 0 Å². The molecule has 0 aromatic carbocycles. The molecule has 0 amide bonds. The molecule has 0 N–H and O–H groups in total. The minimum absolute atomic E-state index is 0.0972. The van der Waals surface area contributed by atoms with Crippen LogP contribution in [0.2, 0.25) is 0 Å². The van der Waals surface area contributed by atoms with Gasteiger partial charge >= 0.3 is 0 Å². The SMILES string of the molecule is COC(C(=O)Cc1nccs1)C(C)(C)C. The van der Waals surface area contributed by atoms with E-state index in [-0.39, 0.29) is 17.3 Å². The third-order valence-electron chi connectivity index (χ3n) is 2.12. The number of aromatic nitrogens is 1. The fourth-order valence-electron chi connectivity index (χ4n) is 1.55. The van der Waals surface area contributed by atoms with Gasteiger partial charge in [0.05, 0.1) is 11.4 Å². The third-order valence-corrected chi connectivity index (χ3v) is 2.90. The Morgan fingerprint density at radius 3 is 2.67 bits per heavy atom. The van der Waals surface area contributed by atoms with Crippen LogP contribution in [-0.4, -0.2) is 24.0 Å². The molecule has 0 spiro atoms. The molecule has 84 valence electrons. The Bertz CT molecular complexity index is 314. The number of rotatable bonds is 4. The Kier molecular flexibility index (Phi) is 3.99. The summed E-state index contributed by atoms with van der Waals surface area (Å²) in [4.78, 5) is 16.0. The second-order valence-electron chi connectivity index (χ2n) is 4.55. The van der Waals surface area contributed by atoms with Crippen molar-refractivity contribution in [2.24, 2.45) is 5.41 Å². The zero-order chi connectivity index (χ0) is 11.5. The van der Waals surface area contributed by atoms with E-state index in [0.29, 0.717) is 6.42 Å². The molecule has 3 nitrogen and oxygen atoms in total. The van der Waals surface area contributed by atoms with Crippen LogP contribution in [0, 0.1) is 5.41 Å². The number of carbonyl (C=O) groups is 1. The smallest absolute Gasteiger partial charge is 0.168 e. The minimum Gasteiger partial charge on any atom is -0.373 e. The van der Waals surface area contributed by atoms with Crippen molar-refractivity contribution in [3.8, 4) is 0 Å². The Labute approximate surface area is 94.5 Å². The largest absolute Gasteiger partial charge is 0.373 e. The topological polar surface area (TPSA) is 39.2 Å². The van der Waals surface area contributed by atoms with E-state index in [0.717, 1.165) is 5.01 Å². The van der Waals surface area contributed by atoms with E-state index in [9.17, 15) is 4.79 Å². The van der Waals surface area contributed by atoms with Gasteiger partial charge in [-0.2, -0.15) is 0 Å². The summed E-state index contributed by atoms with van der Waals surface area (Å²) < 4.78 is 5.25.